The molecule has 0 atom stereocenters. The lowest BCUT2D eigenvalue weighted by molar-refractivity contribution is -0.0472. The Morgan fingerprint density at radius 1 is 1.14 bits per heavy atom. The number of aromatic nitrogens is 2. The number of carbonyl (C=O) groups is 1. The number of methoxy groups -OCH3 is 1. The quantitative estimate of drug-likeness (QED) is 0.432. The van der Waals surface area contributed by atoms with Gasteiger partial charge in [0.2, 0.25) is 0 Å². The molecule has 1 aromatic carbocycles. The molecule has 5 rings (SSSR count). The van der Waals surface area contributed by atoms with Gasteiger partial charge in [0.25, 0.3) is 5.91 Å². The third-order valence-electron chi connectivity index (χ3n) is 7.08. The summed E-state index contributed by atoms with van der Waals surface area (Å²) in [4.78, 5) is 26.3. The maximum Gasteiger partial charge on any atom is 0.254 e. The molecule has 1 amide bonds. The zero-order valence-electron chi connectivity index (χ0n) is 21.6. The molecule has 1 saturated heterocycles. The van der Waals surface area contributed by atoms with Crippen LogP contribution >= 0.6 is 0 Å². The van der Waals surface area contributed by atoms with Gasteiger partial charge in [-0.2, -0.15) is 0 Å². The van der Waals surface area contributed by atoms with E-state index in [2.05, 4.69) is 31.5 Å². The van der Waals surface area contributed by atoms with Crippen molar-refractivity contribution < 1.29 is 14.6 Å². The first-order chi connectivity index (χ1) is 17.9. The summed E-state index contributed by atoms with van der Waals surface area (Å²) in [5.41, 5.74) is 5.66. The van der Waals surface area contributed by atoms with Crippen LogP contribution in [-0.2, 0) is 17.8 Å². The third-order valence-corrected chi connectivity index (χ3v) is 7.08. The first-order valence-electron chi connectivity index (χ1n) is 12.6. The average molecular weight is 503 g/mol. The van der Waals surface area contributed by atoms with Crippen molar-refractivity contribution in [3.05, 3.63) is 65.6 Å². The summed E-state index contributed by atoms with van der Waals surface area (Å²) < 4.78 is 5.22. The second-order valence-electron chi connectivity index (χ2n) is 10.1. The molecule has 0 saturated carbocycles. The van der Waals surface area contributed by atoms with Crippen LogP contribution in [0, 0.1) is 0 Å². The molecule has 0 spiro atoms. The van der Waals surface area contributed by atoms with E-state index in [0.29, 0.717) is 43.9 Å². The van der Waals surface area contributed by atoms with Crippen LogP contribution in [0.1, 0.15) is 34.5 Å². The summed E-state index contributed by atoms with van der Waals surface area (Å²) in [7, 11) is 5.67. The van der Waals surface area contributed by atoms with Crippen LogP contribution < -0.4 is 15.5 Å². The first kappa shape index (κ1) is 25.1. The number of hydrogen-bond donors (Lipinski definition) is 3. The van der Waals surface area contributed by atoms with Crippen molar-refractivity contribution in [2.24, 2.45) is 0 Å². The van der Waals surface area contributed by atoms with E-state index in [-0.39, 0.29) is 5.91 Å². The molecule has 0 radical (unpaired) electrons. The minimum absolute atomic E-state index is 0.0876. The highest BCUT2D eigenvalue weighted by atomic mass is 16.5. The van der Waals surface area contributed by atoms with E-state index < -0.39 is 5.60 Å². The number of fused-ring (bicyclic) bond motifs is 1. The Balaban J connectivity index is 1.43. The minimum atomic E-state index is -0.773. The molecule has 2 aromatic heterocycles. The van der Waals surface area contributed by atoms with Gasteiger partial charge in [-0.1, -0.05) is 6.07 Å². The van der Waals surface area contributed by atoms with Crippen LogP contribution in [-0.4, -0.2) is 72.4 Å². The molecule has 0 aliphatic carbocycles. The molecular weight excluding hydrogens is 468 g/mol. The minimum Gasteiger partial charge on any atom is -0.387 e. The summed E-state index contributed by atoms with van der Waals surface area (Å²) in [6, 6.07) is 11.9. The molecular formula is C28H34N6O3. The molecule has 9 nitrogen and oxygen atoms in total. The van der Waals surface area contributed by atoms with Crippen molar-refractivity contribution in [1.29, 1.82) is 0 Å². The van der Waals surface area contributed by atoms with Crippen LogP contribution in [0.2, 0.25) is 0 Å². The fourth-order valence-corrected chi connectivity index (χ4v) is 5.24. The molecule has 3 N–H and O–H groups in total. The predicted octanol–water partition coefficient (Wildman–Crippen LogP) is 3.17. The van der Waals surface area contributed by atoms with Gasteiger partial charge in [0, 0.05) is 45.7 Å². The van der Waals surface area contributed by atoms with Gasteiger partial charge in [-0.05, 0) is 74.0 Å². The van der Waals surface area contributed by atoms with Crippen LogP contribution in [0.4, 0.5) is 17.2 Å². The molecule has 194 valence electrons. The fourth-order valence-electron chi connectivity index (χ4n) is 5.24. The van der Waals surface area contributed by atoms with Gasteiger partial charge in [0.15, 0.2) is 0 Å². The number of amides is 1. The number of nitrogens with one attached hydrogen (secondary N) is 2. The number of rotatable bonds is 8. The number of pyridine rings is 2. The van der Waals surface area contributed by atoms with Crippen molar-refractivity contribution in [1.82, 2.24) is 20.2 Å². The molecule has 0 unspecified atom stereocenters. The zero-order chi connectivity index (χ0) is 26.0. The summed E-state index contributed by atoms with van der Waals surface area (Å²) >= 11 is 0. The topological polar surface area (TPSA) is 103 Å². The second kappa shape index (κ2) is 10.5. The monoisotopic (exact) mass is 502 g/mol. The summed E-state index contributed by atoms with van der Waals surface area (Å²) in [6.07, 6.45) is 4.81. The molecule has 2 aliphatic rings. The van der Waals surface area contributed by atoms with E-state index in [4.69, 9.17) is 9.72 Å². The summed E-state index contributed by atoms with van der Waals surface area (Å²) in [6.45, 7) is 2.98. The van der Waals surface area contributed by atoms with E-state index in [1.807, 2.05) is 44.4 Å². The second-order valence-corrected chi connectivity index (χ2v) is 10.1. The normalized spacial score (nSPS) is 16.6. The van der Waals surface area contributed by atoms with Crippen LogP contribution in [0.25, 0.3) is 11.1 Å². The number of ether oxygens (including phenoxy) is 1. The number of carbonyl (C=O) groups excluding carboxylic acids is 1. The van der Waals surface area contributed by atoms with Gasteiger partial charge in [-0.25, -0.2) is 4.98 Å². The highest BCUT2D eigenvalue weighted by Gasteiger charge is 2.33. The molecule has 3 aromatic rings. The van der Waals surface area contributed by atoms with Crippen LogP contribution in [0.15, 0.2) is 48.8 Å². The van der Waals surface area contributed by atoms with Gasteiger partial charge >= 0.3 is 0 Å². The number of hydrogen-bond acceptors (Lipinski definition) is 8. The van der Waals surface area contributed by atoms with Gasteiger partial charge in [0.05, 0.1) is 34.8 Å². The smallest absolute Gasteiger partial charge is 0.254 e. The SMILES string of the molecule is COCC1(O)CCN(c2ccc(Nc3ccc(-c4ccncc4)c4c3C(=O)NC4)nc2CN(C)C)CC1. The molecule has 0 bridgehead atoms. The molecule has 2 aliphatic heterocycles. The number of piperidine rings is 1. The lowest BCUT2D eigenvalue weighted by Gasteiger charge is -2.39. The Morgan fingerprint density at radius 2 is 1.89 bits per heavy atom. The number of aliphatic hydroxyl groups is 1. The van der Waals surface area contributed by atoms with E-state index >= 15 is 0 Å². The van der Waals surface area contributed by atoms with Crippen molar-refractivity contribution in [3.8, 4) is 11.1 Å². The fraction of sp³-hybridized carbons (Fsp3) is 0.393. The van der Waals surface area contributed by atoms with Gasteiger partial charge in [-0.15, -0.1) is 0 Å². The van der Waals surface area contributed by atoms with Crippen molar-refractivity contribution in [2.75, 3.05) is 51.1 Å². The predicted molar refractivity (Wildman–Crippen MR) is 144 cm³/mol. The van der Waals surface area contributed by atoms with Crippen molar-refractivity contribution in [3.63, 3.8) is 0 Å². The van der Waals surface area contributed by atoms with Gasteiger partial charge in [0.1, 0.15) is 5.82 Å². The summed E-state index contributed by atoms with van der Waals surface area (Å²) in [5.74, 6) is 0.600. The Hall–Kier alpha value is -3.53. The van der Waals surface area contributed by atoms with E-state index in [9.17, 15) is 9.90 Å². The van der Waals surface area contributed by atoms with Crippen molar-refractivity contribution >= 4 is 23.1 Å². The standard InChI is InChI=1S/C28H34N6O3/c1-33(2)17-23-24(34-14-10-28(36,11-15-34)18-37-3)6-7-25(32-23)31-22-5-4-20(19-8-12-29-13-9-19)21-16-30-27(35)26(21)22/h4-9,12-13,36H,10-11,14-18H2,1-3H3,(H,30,35)(H,31,32). The number of anilines is 3. The maximum atomic E-state index is 12.8. The summed E-state index contributed by atoms with van der Waals surface area (Å²) in [5, 5.41) is 17.1. The number of nitrogens with zero attached hydrogens (tertiary/aromatic N) is 4. The number of benzene rings is 1. The average Bonchev–Trinajstić information content (AvgIpc) is 3.27. The highest BCUT2D eigenvalue weighted by Crippen LogP contribution is 2.36. The largest absolute Gasteiger partial charge is 0.387 e. The molecule has 4 heterocycles. The van der Waals surface area contributed by atoms with E-state index in [1.165, 1.54) is 0 Å². The van der Waals surface area contributed by atoms with Gasteiger partial charge in [-0.3, -0.25) is 9.78 Å². The Bertz CT molecular complexity index is 1270. The highest BCUT2D eigenvalue weighted by molar-refractivity contribution is 6.06. The van der Waals surface area contributed by atoms with Gasteiger partial charge < -0.3 is 30.3 Å². The molecule has 37 heavy (non-hydrogen) atoms. The molecule has 1 fully saturated rings. The Labute approximate surface area is 217 Å². The molecule has 9 heteroatoms. The third kappa shape index (κ3) is 5.29. The van der Waals surface area contributed by atoms with Crippen molar-refractivity contribution in [2.45, 2.75) is 31.5 Å². The lowest BCUT2D eigenvalue weighted by atomic mass is 9.92. The van der Waals surface area contributed by atoms with Crippen LogP contribution in [0.5, 0.6) is 0 Å². The zero-order valence-corrected chi connectivity index (χ0v) is 21.6. The Kier molecular flexibility index (Phi) is 7.10. The lowest BCUT2D eigenvalue weighted by Crippen LogP contribution is -2.47. The van der Waals surface area contributed by atoms with Crippen LogP contribution in [0.3, 0.4) is 0 Å². The Morgan fingerprint density at radius 3 is 2.59 bits per heavy atom. The van der Waals surface area contributed by atoms with E-state index in [0.717, 1.165) is 46.8 Å². The maximum absolute atomic E-state index is 12.8. The first-order valence-corrected chi connectivity index (χ1v) is 12.6. The van der Waals surface area contributed by atoms with E-state index in [1.54, 1.807) is 19.5 Å².